The summed E-state index contributed by atoms with van der Waals surface area (Å²) in [4.78, 5) is 15.6. The molecule has 0 saturated carbocycles. The van der Waals surface area contributed by atoms with Gasteiger partial charge in [-0.25, -0.2) is 9.98 Å². The molecule has 7 nitrogen and oxygen atoms in total. The van der Waals surface area contributed by atoms with Crippen molar-refractivity contribution in [1.82, 2.24) is 9.97 Å². The predicted molar refractivity (Wildman–Crippen MR) is 98.3 cm³/mol. The molecule has 0 aliphatic carbocycles. The van der Waals surface area contributed by atoms with Gasteiger partial charge in [-0.2, -0.15) is 13.2 Å². The summed E-state index contributed by atoms with van der Waals surface area (Å²) in [6, 6.07) is 8.00. The molecular formula is C20H13F3N4O3. The van der Waals surface area contributed by atoms with E-state index < -0.39 is 17.4 Å². The minimum absolute atomic E-state index is 0.101. The second kappa shape index (κ2) is 5.53. The van der Waals surface area contributed by atoms with Gasteiger partial charge in [-0.1, -0.05) is 0 Å². The Morgan fingerprint density at radius 1 is 1.20 bits per heavy atom. The van der Waals surface area contributed by atoms with Gasteiger partial charge in [-0.05, 0) is 18.2 Å². The smallest absolute Gasteiger partial charge is 0.449 e. The maximum atomic E-state index is 13.2. The third-order valence-corrected chi connectivity index (χ3v) is 5.60. The van der Waals surface area contributed by atoms with Crippen LogP contribution in [-0.4, -0.2) is 29.5 Å². The first kappa shape index (κ1) is 17.3. The second-order valence-corrected chi connectivity index (χ2v) is 7.20. The largest absolute Gasteiger partial charge is 0.490 e. The molecule has 6 rings (SSSR count). The van der Waals surface area contributed by atoms with E-state index in [0.717, 1.165) is 11.8 Å². The lowest BCUT2D eigenvalue weighted by Gasteiger charge is -2.28. The molecule has 6 heterocycles. The number of nitrogens with zero attached hydrogens (tertiary/aromatic N) is 4. The van der Waals surface area contributed by atoms with Crippen LogP contribution >= 0.6 is 0 Å². The van der Waals surface area contributed by atoms with Crippen LogP contribution in [0.1, 0.15) is 22.9 Å². The Labute approximate surface area is 167 Å². The highest BCUT2D eigenvalue weighted by Crippen LogP contribution is 2.54. The molecule has 3 aliphatic rings. The molecule has 3 aromatic rings. The second-order valence-electron chi connectivity index (χ2n) is 7.20. The van der Waals surface area contributed by atoms with Crippen LogP contribution in [0.15, 0.2) is 45.9 Å². The van der Waals surface area contributed by atoms with Gasteiger partial charge >= 0.3 is 6.18 Å². The van der Waals surface area contributed by atoms with Gasteiger partial charge in [0.25, 0.3) is 0 Å². The van der Waals surface area contributed by atoms with Crippen molar-refractivity contribution in [2.24, 2.45) is 4.99 Å². The number of hydrogen-bond acceptors (Lipinski definition) is 7. The quantitative estimate of drug-likeness (QED) is 0.603. The van der Waals surface area contributed by atoms with Crippen molar-refractivity contribution in [3.63, 3.8) is 0 Å². The van der Waals surface area contributed by atoms with Crippen LogP contribution in [0, 0.1) is 0 Å². The van der Waals surface area contributed by atoms with Crippen LogP contribution < -0.4 is 14.4 Å². The average Bonchev–Trinajstić information content (AvgIpc) is 3.40. The summed E-state index contributed by atoms with van der Waals surface area (Å²) in [7, 11) is 1.51. The molecule has 1 unspecified atom stereocenters. The minimum atomic E-state index is -4.59. The van der Waals surface area contributed by atoms with Crippen molar-refractivity contribution in [2.75, 3.05) is 18.6 Å². The molecule has 3 aromatic heterocycles. The molecule has 30 heavy (non-hydrogen) atoms. The van der Waals surface area contributed by atoms with Crippen LogP contribution in [0.25, 0.3) is 0 Å². The Balaban J connectivity index is 1.61. The fraction of sp³-hybridized carbons (Fsp3) is 0.250. The number of furan rings is 1. The van der Waals surface area contributed by atoms with Gasteiger partial charge in [0.05, 0.1) is 25.0 Å². The summed E-state index contributed by atoms with van der Waals surface area (Å²) >= 11 is 0. The summed E-state index contributed by atoms with van der Waals surface area (Å²) in [6.07, 6.45) is -2.92. The molecule has 0 N–H and O–H groups in total. The fourth-order valence-electron chi connectivity index (χ4n) is 4.30. The maximum Gasteiger partial charge on any atom is 0.449 e. The lowest BCUT2D eigenvalue weighted by molar-refractivity contribution is -0.153. The van der Waals surface area contributed by atoms with Gasteiger partial charge in [-0.3, -0.25) is 4.98 Å². The molecule has 1 spiro atoms. The van der Waals surface area contributed by atoms with Gasteiger partial charge < -0.3 is 18.8 Å². The number of aliphatic imine (C=N–C) groups is 1. The third kappa shape index (κ3) is 2.08. The van der Waals surface area contributed by atoms with Crippen LogP contribution in [0.4, 0.5) is 24.5 Å². The topological polar surface area (TPSA) is 73.0 Å². The molecule has 1 atom stereocenters. The number of methoxy groups -OCH3 is 1. The number of aromatic nitrogens is 2. The van der Waals surface area contributed by atoms with Gasteiger partial charge in [0, 0.05) is 18.3 Å². The van der Waals surface area contributed by atoms with Crippen molar-refractivity contribution >= 4 is 17.2 Å². The molecule has 10 heteroatoms. The van der Waals surface area contributed by atoms with Crippen molar-refractivity contribution in [2.45, 2.75) is 18.1 Å². The van der Waals surface area contributed by atoms with Gasteiger partial charge in [0.2, 0.25) is 11.6 Å². The maximum absolute atomic E-state index is 13.2. The van der Waals surface area contributed by atoms with Gasteiger partial charge in [0.15, 0.2) is 5.41 Å². The number of pyridine rings is 2. The highest BCUT2D eigenvalue weighted by Gasteiger charge is 2.59. The molecule has 0 amide bonds. The first-order valence-electron chi connectivity index (χ1n) is 9.12. The van der Waals surface area contributed by atoms with Crippen molar-refractivity contribution in [1.29, 1.82) is 0 Å². The molecular weight excluding hydrogens is 401 g/mol. The lowest BCUT2D eigenvalue weighted by atomic mass is 9.82. The molecule has 0 saturated heterocycles. The monoisotopic (exact) mass is 414 g/mol. The zero-order valence-corrected chi connectivity index (χ0v) is 15.5. The summed E-state index contributed by atoms with van der Waals surface area (Å²) < 4.78 is 55.8. The molecule has 0 radical (unpaired) electrons. The highest BCUT2D eigenvalue weighted by molar-refractivity contribution is 6.15. The summed E-state index contributed by atoms with van der Waals surface area (Å²) in [5.74, 6) is 0.551. The zero-order chi connectivity index (χ0) is 20.7. The van der Waals surface area contributed by atoms with Crippen LogP contribution in [-0.2, 0) is 18.1 Å². The Morgan fingerprint density at radius 3 is 2.87 bits per heavy atom. The Bertz CT molecular complexity index is 1240. The summed E-state index contributed by atoms with van der Waals surface area (Å²) in [5.41, 5.74) is 1.19. The molecule has 0 fully saturated rings. The van der Waals surface area contributed by atoms with E-state index >= 15 is 0 Å². The van der Waals surface area contributed by atoms with E-state index in [-0.39, 0.29) is 24.6 Å². The zero-order valence-electron chi connectivity index (χ0n) is 15.5. The van der Waals surface area contributed by atoms with Crippen molar-refractivity contribution < 1.29 is 27.1 Å². The van der Waals surface area contributed by atoms with E-state index in [1.807, 2.05) is 11.0 Å². The van der Waals surface area contributed by atoms with Crippen molar-refractivity contribution in [3.05, 3.63) is 59.4 Å². The molecule has 152 valence electrons. The van der Waals surface area contributed by atoms with E-state index in [4.69, 9.17) is 13.9 Å². The first-order valence-corrected chi connectivity index (χ1v) is 9.12. The third-order valence-electron chi connectivity index (χ3n) is 5.60. The minimum Gasteiger partial charge on any atom is -0.490 e. The number of anilines is 1. The fourth-order valence-corrected chi connectivity index (χ4v) is 4.30. The number of halogens is 3. The van der Waals surface area contributed by atoms with Crippen molar-refractivity contribution in [3.8, 4) is 11.6 Å². The predicted octanol–water partition coefficient (Wildman–Crippen LogP) is 3.84. The number of hydrogen-bond donors (Lipinski definition) is 0. The lowest BCUT2D eigenvalue weighted by Crippen LogP contribution is -2.44. The number of alkyl halides is 3. The number of fused-ring (bicyclic) bond motifs is 8. The SMILES string of the molecule is COc1ccc2c(n1)C1(CO2)C2=Nc3cc(C(F)(F)F)oc3CN2c2cccnc21. The van der Waals surface area contributed by atoms with Gasteiger partial charge in [0.1, 0.15) is 35.3 Å². The van der Waals surface area contributed by atoms with E-state index in [1.54, 1.807) is 24.4 Å². The summed E-state index contributed by atoms with van der Waals surface area (Å²) in [6.45, 7) is 0.283. The normalized spacial score (nSPS) is 20.9. The molecule has 0 aromatic carbocycles. The number of ether oxygens (including phenoxy) is 2. The van der Waals surface area contributed by atoms with E-state index in [2.05, 4.69) is 15.0 Å². The van der Waals surface area contributed by atoms with E-state index in [1.165, 1.54) is 7.11 Å². The first-order chi connectivity index (χ1) is 14.4. The van der Waals surface area contributed by atoms with Gasteiger partial charge in [-0.15, -0.1) is 0 Å². The standard InChI is InChI=1S/C20H13F3N4O3/c1-28-15-5-4-12-17(26-15)19(9-29-12)16-11(3-2-6-24-16)27-8-13-10(25-18(19)27)7-14(30-13)20(21,22)23/h2-7H,8-9H2,1H3. The summed E-state index contributed by atoms with van der Waals surface area (Å²) in [5, 5.41) is 0. The van der Waals surface area contributed by atoms with E-state index in [0.29, 0.717) is 28.9 Å². The Morgan fingerprint density at radius 2 is 2.07 bits per heavy atom. The molecule has 3 aliphatic heterocycles. The van der Waals surface area contributed by atoms with Crippen LogP contribution in [0.2, 0.25) is 0 Å². The molecule has 0 bridgehead atoms. The van der Waals surface area contributed by atoms with E-state index in [9.17, 15) is 13.2 Å². The highest BCUT2D eigenvalue weighted by atomic mass is 19.4. The van der Waals surface area contributed by atoms with Crippen LogP contribution in [0.5, 0.6) is 11.6 Å². The Hall–Kier alpha value is -3.56. The number of rotatable bonds is 1. The average molecular weight is 414 g/mol. The van der Waals surface area contributed by atoms with Crippen LogP contribution in [0.3, 0.4) is 0 Å². The Kier molecular flexibility index (Phi) is 3.19. The number of amidine groups is 1.